The van der Waals surface area contributed by atoms with Gasteiger partial charge in [0.15, 0.2) is 16.4 Å². The predicted molar refractivity (Wildman–Crippen MR) is 47.3 cm³/mol. The molecule has 0 atom stereocenters. The number of fused-ring (bicyclic) bond motifs is 1. The van der Waals surface area contributed by atoms with Crippen LogP contribution in [0.2, 0.25) is 5.15 Å². The molecule has 0 aliphatic carbocycles. The molecule has 2 aromatic heterocycles. The van der Waals surface area contributed by atoms with Crippen molar-refractivity contribution >= 4 is 22.5 Å². The monoisotopic (exact) mass is 198 g/mol. The van der Waals surface area contributed by atoms with Crippen molar-refractivity contribution in [2.24, 2.45) is 0 Å². The lowest BCUT2D eigenvalue weighted by molar-refractivity contribution is 0.631. The number of pyridine rings is 2. The first-order chi connectivity index (χ1) is 6.20. The van der Waals surface area contributed by atoms with Crippen molar-refractivity contribution in [3.05, 3.63) is 39.7 Å². The Morgan fingerprint density at radius 2 is 2.31 bits per heavy atom. The molecule has 0 unspecified atom stereocenters. The number of rotatable bonds is 0. The standard InChI is InChI=1S/C8H4ClFN2O/c9-8-6(10)7-4(3-12-8)5(13)1-2-11-7/h1-3H,(H,11,13). The average molecular weight is 199 g/mol. The molecule has 0 aliphatic rings. The quantitative estimate of drug-likeness (QED) is 0.655. The van der Waals surface area contributed by atoms with E-state index in [1.54, 1.807) is 0 Å². The van der Waals surface area contributed by atoms with Crippen LogP contribution in [0.5, 0.6) is 0 Å². The Hall–Kier alpha value is -1.42. The van der Waals surface area contributed by atoms with Crippen LogP contribution >= 0.6 is 11.6 Å². The van der Waals surface area contributed by atoms with Crippen LogP contribution < -0.4 is 5.43 Å². The zero-order valence-corrected chi connectivity index (χ0v) is 7.10. The molecule has 0 saturated carbocycles. The number of nitrogens with one attached hydrogen (secondary N) is 1. The fourth-order valence-electron chi connectivity index (χ4n) is 1.08. The molecule has 0 radical (unpaired) electrons. The summed E-state index contributed by atoms with van der Waals surface area (Å²) in [7, 11) is 0. The molecule has 1 N–H and O–H groups in total. The Balaban J connectivity index is 3.03. The van der Waals surface area contributed by atoms with Crippen LogP contribution in [-0.4, -0.2) is 9.97 Å². The maximum absolute atomic E-state index is 13.2. The third kappa shape index (κ3) is 1.19. The second-order valence-electron chi connectivity index (χ2n) is 2.49. The Kier molecular flexibility index (Phi) is 1.77. The zero-order valence-electron chi connectivity index (χ0n) is 6.34. The summed E-state index contributed by atoms with van der Waals surface area (Å²) in [4.78, 5) is 17.3. The first-order valence-electron chi connectivity index (χ1n) is 3.51. The van der Waals surface area contributed by atoms with Crippen molar-refractivity contribution < 1.29 is 4.39 Å². The van der Waals surface area contributed by atoms with E-state index in [1.165, 1.54) is 18.5 Å². The maximum atomic E-state index is 13.2. The minimum atomic E-state index is -0.697. The van der Waals surface area contributed by atoms with Gasteiger partial charge in [0.1, 0.15) is 0 Å². The van der Waals surface area contributed by atoms with Gasteiger partial charge >= 0.3 is 0 Å². The molecule has 66 valence electrons. The molecule has 0 fully saturated rings. The number of hydrogen-bond donors (Lipinski definition) is 1. The Labute approximate surface area is 77.2 Å². The van der Waals surface area contributed by atoms with E-state index >= 15 is 0 Å². The molecule has 0 saturated heterocycles. The van der Waals surface area contributed by atoms with Crippen LogP contribution in [0.15, 0.2) is 23.3 Å². The second kappa shape index (κ2) is 2.81. The van der Waals surface area contributed by atoms with E-state index in [-0.39, 0.29) is 21.5 Å². The fourth-order valence-corrected chi connectivity index (χ4v) is 1.23. The summed E-state index contributed by atoms with van der Waals surface area (Å²) in [5.41, 5.74) is -0.190. The molecule has 13 heavy (non-hydrogen) atoms. The first kappa shape index (κ1) is 8.19. The van der Waals surface area contributed by atoms with Crippen molar-refractivity contribution in [3.8, 4) is 0 Å². The third-order valence-electron chi connectivity index (χ3n) is 1.70. The van der Waals surface area contributed by atoms with E-state index in [2.05, 4.69) is 9.97 Å². The van der Waals surface area contributed by atoms with Gasteiger partial charge in [-0.3, -0.25) is 4.79 Å². The van der Waals surface area contributed by atoms with Crippen molar-refractivity contribution in [2.45, 2.75) is 0 Å². The largest absolute Gasteiger partial charge is 0.358 e. The molecule has 0 bridgehead atoms. The highest BCUT2D eigenvalue weighted by Crippen LogP contribution is 2.17. The van der Waals surface area contributed by atoms with Crippen molar-refractivity contribution in [3.63, 3.8) is 0 Å². The van der Waals surface area contributed by atoms with Crippen molar-refractivity contribution in [2.75, 3.05) is 0 Å². The van der Waals surface area contributed by atoms with Crippen LogP contribution in [0.1, 0.15) is 0 Å². The second-order valence-corrected chi connectivity index (χ2v) is 2.85. The highest BCUT2D eigenvalue weighted by atomic mass is 35.5. The third-order valence-corrected chi connectivity index (χ3v) is 1.97. The van der Waals surface area contributed by atoms with Crippen molar-refractivity contribution in [1.82, 2.24) is 9.97 Å². The summed E-state index contributed by atoms with van der Waals surface area (Å²) in [5.74, 6) is -0.697. The Morgan fingerprint density at radius 3 is 3.08 bits per heavy atom. The molecule has 0 aliphatic heterocycles. The number of H-pyrrole nitrogens is 1. The lowest BCUT2D eigenvalue weighted by atomic mass is 10.2. The van der Waals surface area contributed by atoms with Crippen LogP contribution in [0.25, 0.3) is 10.9 Å². The van der Waals surface area contributed by atoms with Crippen LogP contribution in [0.3, 0.4) is 0 Å². The van der Waals surface area contributed by atoms with Gasteiger partial charge in [-0.05, 0) is 0 Å². The Bertz CT molecular complexity index is 523. The molecule has 2 heterocycles. The molecule has 0 aromatic carbocycles. The predicted octanol–water partition coefficient (Wildman–Crippen LogP) is 1.72. The van der Waals surface area contributed by atoms with Gasteiger partial charge in [0, 0.05) is 18.5 Å². The first-order valence-corrected chi connectivity index (χ1v) is 3.89. The lowest BCUT2D eigenvalue weighted by Gasteiger charge is -1.98. The SMILES string of the molecule is O=c1cc[nH]c2c(F)c(Cl)ncc12. The highest BCUT2D eigenvalue weighted by Gasteiger charge is 2.08. The fraction of sp³-hybridized carbons (Fsp3) is 0. The van der Waals surface area contributed by atoms with E-state index in [4.69, 9.17) is 11.6 Å². The lowest BCUT2D eigenvalue weighted by Crippen LogP contribution is -2.02. The number of aromatic amines is 1. The van der Waals surface area contributed by atoms with Gasteiger partial charge in [-0.25, -0.2) is 9.37 Å². The number of nitrogens with zero attached hydrogens (tertiary/aromatic N) is 1. The van der Waals surface area contributed by atoms with E-state index in [1.807, 2.05) is 0 Å². The summed E-state index contributed by atoms with van der Waals surface area (Å²) < 4.78 is 13.2. The van der Waals surface area contributed by atoms with Crippen LogP contribution in [0, 0.1) is 5.82 Å². The average Bonchev–Trinajstić information content (AvgIpc) is 2.12. The summed E-state index contributed by atoms with van der Waals surface area (Å²) in [6.45, 7) is 0. The Morgan fingerprint density at radius 1 is 1.54 bits per heavy atom. The van der Waals surface area contributed by atoms with Crippen LogP contribution in [-0.2, 0) is 0 Å². The van der Waals surface area contributed by atoms with E-state index < -0.39 is 5.82 Å². The molecule has 2 rings (SSSR count). The topological polar surface area (TPSA) is 45.8 Å². The normalized spacial score (nSPS) is 10.6. The number of hydrogen-bond acceptors (Lipinski definition) is 2. The van der Waals surface area contributed by atoms with E-state index in [0.717, 1.165) is 0 Å². The molecular formula is C8H4ClFN2O. The molecule has 0 amide bonds. The van der Waals surface area contributed by atoms with Crippen molar-refractivity contribution in [1.29, 1.82) is 0 Å². The summed E-state index contributed by atoms with van der Waals surface area (Å²) >= 11 is 5.43. The van der Waals surface area contributed by atoms with Gasteiger partial charge in [-0.1, -0.05) is 11.6 Å². The number of halogens is 2. The smallest absolute Gasteiger partial charge is 0.191 e. The molecule has 3 nitrogen and oxygen atoms in total. The number of aromatic nitrogens is 2. The molecule has 5 heteroatoms. The van der Waals surface area contributed by atoms with Gasteiger partial charge in [-0.15, -0.1) is 0 Å². The van der Waals surface area contributed by atoms with Gasteiger partial charge in [-0.2, -0.15) is 0 Å². The van der Waals surface area contributed by atoms with Gasteiger partial charge in [0.25, 0.3) is 0 Å². The minimum absolute atomic E-state index is 0.0903. The maximum Gasteiger partial charge on any atom is 0.191 e. The summed E-state index contributed by atoms with van der Waals surface area (Å²) in [6.07, 6.45) is 2.61. The molecular weight excluding hydrogens is 195 g/mol. The molecule has 2 aromatic rings. The zero-order chi connectivity index (χ0) is 9.42. The molecule has 0 spiro atoms. The van der Waals surface area contributed by atoms with E-state index in [9.17, 15) is 9.18 Å². The van der Waals surface area contributed by atoms with Gasteiger partial charge in [0.2, 0.25) is 0 Å². The highest BCUT2D eigenvalue weighted by molar-refractivity contribution is 6.30. The summed E-state index contributed by atoms with van der Waals surface area (Å²) in [5, 5.41) is -0.0428. The van der Waals surface area contributed by atoms with Gasteiger partial charge < -0.3 is 4.98 Å². The van der Waals surface area contributed by atoms with Gasteiger partial charge in [0.05, 0.1) is 10.9 Å². The van der Waals surface area contributed by atoms with Crippen LogP contribution in [0.4, 0.5) is 4.39 Å². The van der Waals surface area contributed by atoms with E-state index in [0.29, 0.717) is 0 Å². The minimum Gasteiger partial charge on any atom is -0.358 e. The summed E-state index contributed by atoms with van der Waals surface area (Å²) in [6, 6.07) is 1.30.